The lowest BCUT2D eigenvalue weighted by Gasteiger charge is -2.34. The maximum atomic E-state index is 12.5. The minimum atomic E-state index is -4.37. The first-order valence-electron chi connectivity index (χ1n) is 9.76. The molecule has 0 spiro atoms. The first-order chi connectivity index (χ1) is 13.8. The summed E-state index contributed by atoms with van der Waals surface area (Å²) in [6.07, 6.45) is -0.308. The van der Waals surface area contributed by atoms with Crippen LogP contribution in [-0.4, -0.2) is 62.0 Å². The molecule has 0 unspecified atom stereocenters. The number of pyridine rings is 1. The number of amides is 1. The fourth-order valence-corrected chi connectivity index (χ4v) is 3.22. The van der Waals surface area contributed by atoms with Crippen LogP contribution in [0.3, 0.4) is 0 Å². The molecule has 10 heteroatoms. The second-order valence-electron chi connectivity index (χ2n) is 6.99. The third-order valence-corrected chi connectivity index (χ3v) is 4.91. The van der Waals surface area contributed by atoms with Crippen molar-refractivity contribution in [3.63, 3.8) is 0 Å². The molecule has 0 atom stereocenters. The zero-order chi connectivity index (χ0) is 21.3. The Morgan fingerprint density at radius 2 is 2.00 bits per heavy atom. The largest absolute Gasteiger partial charge is 0.417 e. The summed E-state index contributed by atoms with van der Waals surface area (Å²) in [6.45, 7) is 2.97. The summed E-state index contributed by atoms with van der Waals surface area (Å²) in [7, 11) is 3.40. The number of likely N-dealkylation sites (tertiary alicyclic amines) is 1. The minimum Gasteiger partial charge on any atom is -0.370 e. The number of aromatic nitrogens is 1. The molecule has 1 saturated heterocycles. The van der Waals surface area contributed by atoms with E-state index in [9.17, 15) is 18.0 Å². The lowest BCUT2D eigenvalue weighted by molar-refractivity contribution is -0.137. The van der Waals surface area contributed by atoms with Crippen molar-refractivity contribution >= 4 is 17.7 Å². The van der Waals surface area contributed by atoms with Gasteiger partial charge in [0.2, 0.25) is 5.91 Å². The van der Waals surface area contributed by atoms with Gasteiger partial charge in [0.15, 0.2) is 5.96 Å². The molecule has 0 radical (unpaired) electrons. The van der Waals surface area contributed by atoms with E-state index < -0.39 is 11.7 Å². The second kappa shape index (κ2) is 10.9. The molecule has 0 aliphatic carbocycles. The number of halogens is 3. The predicted molar refractivity (Wildman–Crippen MR) is 107 cm³/mol. The van der Waals surface area contributed by atoms with Crippen LogP contribution in [0, 0.1) is 5.92 Å². The van der Waals surface area contributed by atoms with E-state index in [1.807, 2.05) is 0 Å². The van der Waals surface area contributed by atoms with Gasteiger partial charge in [-0.3, -0.25) is 9.79 Å². The first kappa shape index (κ1) is 22.8. The summed E-state index contributed by atoms with van der Waals surface area (Å²) < 4.78 is 37.6. The number of nitrogens with one attached hydrogen (secondary N) is 3. The van der Waals surface area contributed by atoms with E-state index in [-0.39, 0.29) is 5.91 Å². The fraction of sp³-hybridized carbons (Fsp3) is 0.632. The molecule has 1 fully saturated rings. The standard InChI is InChI=1S/C19H29F3N6O/c1-23-17(29)12-14-6-10-28(11-7-14)18(24-2)26-9-3-8-25-16-5-4-15(13-27-16)19(20,21)22/h4-5,13-14H,3,6-12H2,1-2H3,(H,23,29)(H,24,26)(H,25,27). The van der Waals surface area contributed by atoms with Gasteiger partial charge >= 0.3 is 6.18 Å². The molecule has 0 bridgehead atoms. The third kappa shape index (κ3) is 7.43. The molecule has 0 saturated carbocycles. The number of carbonyl (C=O) groups is 1. The van der Waals surface area contributed by atoms with Gasteiger partial charge in [0.1, 0.15) is 5.82 Å². The fourth-order valence-electron chi connectivity index (χ4n) is 3.22. The molecule has 2 heterocycles. The smallest absolute Gasteiger partial charge is 0.370 e. The molecule has 1 aromatic heterocycles. The number of carbonyl (C=O) groups excluding carboxylic acids is 1. The average Bonchev–Trinajstić information content (AvgIpc) is 2.71. The summed E-state index contributed by atoms with van der Waals surface area (Å²) >= 11 is 0. The first-order valence-corrected chi connectivity index (χ1v) is 9.76. The summed E-state index contributed by atoms with van der Waals surface area (Å²) in [5.41, 5.74) is -0.757. The van der Waals surface area contributed by atoms with Crippen molar-refractivity contribution in [3.8, 4) is 0 Å². The van der Waals surface area contributed by atoms with Crippen molar-refractivity contribution in [1.29, 1.82) is 0 Å². The van der Waals surface area contributed by atoms with Gasteiger partial charge in [0, 0.05) is 52.9 Å². The molecule has 7 nitrogen and oxygen atoms in total. The zero-order valence-electron chi connectivity index (χ0n) is 16.9. The lowest BCUT2D eigenvalue weighted by atomic mass is 9.93. The maximum Gasteiger partial charge on any atom is 0.417 e. The summed E-state index contributed by atoms with van der Waals surface area (Å²) in [5.74, 6) is 1.74. The normalized spacial score (nSPS) is 15.9. The van der Waals surface area contributed by atoms with Crippen molar-refractivity contribution in [1.82, 2.24) is 20.5 Å². The van der Waals surface area contributed by atoms with Gasteiger partial charge in [0.05, 0.1) is 5.56 Å². The molecule has 162 valence electrons. The molecule has 1 aliphatic rings. The number of aliphatic imine (C=N–C) groups is 1. The SMILES string of the molecule is CN=C(NCCCNc1ccc(C(F)(F)F)cn1)N1CCC(CC(=O)NC)CC1. The maximum absolute atomic E-state index is 12.5. The van der Waals surface area contributed by atoms with Crippen LogP contribution in [0.5, 0.6) is 0 Å². The molecule has 2 rings (SSSR count). The quantitative estimate of drug-likeness (QED) is 0.363. The Morgan fingerprint density at radius 1 is 1.28 bits per heavy atom. The van der Waals surface area contributed by atoms with Gasteiger partial charge in [0.25, 0.3) is 0 Å². The Hall–Kier alpha value is -2.52. The lowest BCUT2D eigenvalue weighted by Crippen LogP contribution is -2.46. The second-order valence-corrected chi connectivity index (χ2v) is 6.99. The van der Waals surface area contributed by atoms with Crippen molar-refractivity contribution in [2.45, 2.75) is 31.9 Å². The molecule has 0 aromatic carbocycles. The topological polar surface area (TPSA) is 81.7 Å². The predicted octanol–water partition coefficient (Wildman–Crippen LogP) is 2.33. The van der Waals surface area contributed by atoms with Crippen LogP contribution >= 0.6 is 0 Å². The van der Waals surface area contributed by atoms with Gasteiger partial charge in [-0.25, -0.2) is 4.98 Å². The van der Waals surface area contributed by atoms with E-state index in [1.165, 1.54) is 6.07 Å². The van der Waals surface area contributed by atoms with E-state index in [2.05, 4.69) is 30.8 Å². The van der Waals surface area contributed by atoms with Crippen molar-refractivity contribution in [3.05, 3.63) is 23.9 Å². The highest BCUT2D eigenvalue weighted by atomic mass is 19.4. The van der Waals surface area contributed by atoms with Crippen LogP contribution in [0.2, 0.25) is 0 Å². The van der Waals surface area contributed by atoms with Crippen LogP contribution in [0.25, 0.3) is 0 Å². The average molecular weight is 414 g/mol. The zero-order valence-corrected chi connectivity index (χ0v) is 16.9. The van der Waals surface area contributed by atoms with Gasteiger partial charge in [-0.1, -0.05) is 0 Å². The molecule has 3 N–H and O–H groups in total. The van der Waals surface area contributed by atoms with Gasteiger partial charge in [-0.2, -0.15) is 13.2 Å². The van der Waals surface area contributed by atoms with Crippen LogP contribution in [0.4, 0.5) is 19.0 Å². The molecular formula is C19H29F3N6O. The van der Waals surface area contributed by atoms with Gasteiger partial charge in [-0.15, -0.1) is 0 Å². The summed E-state index contributed by atoms with van der Waals surface area (Å²) in [5, 5.41) is 8.99. The molecule has 1 aromatic rings. The minimum absolute atomic E-state index is 0.0843. The number of alkyl halides is 3. The number of hydrogen-bond donors (Lipinski definition) is 3. The number of hydrogen-bond acceptors (Lipinski definition) is 4. The number of anilines is 1. The molecular weight excluding hydrogens is 385 g/mol. The Balaban J connectivity index is 1.66. The highest BCUT2D eigenvalue weighted by Gasteiger charge is 2.30. The van der Waals surface area contributed by atoms with Crippen molar-refractivity contribution < 1.29 is 18.0 Å². The summed E-state index contributed by atoms with van der Waals surface area (Å²) in [4.78, 5) is 21.8. The van der Waals surface area contributed by atoms with Crippen LogP contribution in [-0.2, 0) is 11.0 Å². The van der Waals surface area contributed by atoms with Crippen molar-refractivity contribution in [2.75, 3.05) is 45.6 Å². The van der Waals surface area contributed by atoms with E-state index in [0.29, 0.717) is 31.2 Å². The Kier molecular flexibility index (Phi) is 8.53. The molecule has 1 amide bonds. The Labute approximate surface area is 169 Å². The highest BCUT2D eigenvalue weighted by molar-refractivity contribution is 5.80. The number of piperidine rings is 1. The molecule has 29 heavy (non-hydrogen) atoms. The van der Waals surface area contributed by atoms with E-state index in [1.54, 1.807) is 14.1 Å². The Bertz CT molecular complexity index is 670. The Morgan fingerprint density at radius 3 is 2.55 bits per heavy atom. The number of guanidine groups is 1. The van der Waals surface area contributed by atoms with E-state index in [4.69, 9.17) is 0 Å². The van der Waals surface area contributed by atoms with Gasteiger partial charge < -0.3 is 20.9 Å². The van der Waals surface area contributed by atoms with Gasteiger partial charge in [-0.05, 0) is 37.3 Å². The van der Waals surface area contributed by atoms with Crippen molar-refractivity contribution in [2.24, 2.45) is 10.9 Å². The van der Waals surface area contributed by atoms with E-state index >= 15 is 0 Å². The van der Waals surface area contributed by atoms with Crippen LogP contribution in [0.1, 0.15) is 31.2 Å². The number of rotatable bonds is 7. The third-order valence-electron chi connectivity index (χ3n) is 4.91. The van der Waals surface area contributed by atoms with E-state index in [0.717, 1.165) is 50.6 Å². The molecule has 1 aliphatic heterocycles. The van der Waals surface area contributed by atoms with Crippen LogP contribution < -0.4 is 16.0 Å². The summed E-state index contributed by atoms with van der Waals surface area (Å²) in [6, 6.07) is 2.35. The van der Waals surface area contributed by atoms with Crippen LogP contribution in [0.15, 0.2) is 23.3 Å². The highest BCUT2D eigenvalue weighted by Crippen LogP contribution is 2.28. The monoisotopic (exact) mass is 414 g/mol. The number of nitrogens with zero attached hydrogens (tertiary/aromatic N) is 3.